The Morgan fingerprint density at radius 3 is 2.36 bits per heavy atom. The van der Waals surface area contributed by atoms with E-state index in [-0.39, 0.29) is 22.8 Å². The summed E-state index contributed by atoms with van der Waals surface area (Å²) in [6.45, 7) is -0.160. The lowest BCUT2D eigenvalue weighted by Gasteiger charge is -2.10. The van der Waals surface area contributed by atoms with Crippen molar-refractivity contribution in [3.05, 3.63) is 89.7 Å². The second-order valence-electron chi connectivity index (χ2n) is 5.95. The molecule has 0 heterocycles. The van der Waals surface area contributed by atoms with Crippen LogP contribution in [-0.4, -0.2) is 19.4 Å². The fraction of sp³-hybridized carbons (Fsp3) is 0.0500. The van der Waals surface area contributed by atoms with Crippen molar-refractivity contribution in [3.8, 4) is 0 Å². The van der Waals surface area contributed by atoms with Crippen LogP contribution < -0.4 is 10.0 Å². The largest absolute Gasteiger partial charge is 0.392 e. The minimum atomic E-state index is -3.95. The maximum absolute atomic E-state index is 13.0. The lowest BCUT2D eigenvalue weighted by atomic mass is 10.2. The molecule has 0 atom stereocenters. The Morgan fingerprint density at radius 2 is 1.64 bits per heavy atom. The molecule has 0 saturated heterocycles. The first-order valence-corrected chi connectivity index (χ1v) is 9.75. The predicted molar refractivity (Wildman–Crippen MR) is 104 cm³/mol. The Bertz CT molecular complexity index is 1100. The van der Waals surface area contributed by atoms with E-state index in [0.717, 1.165) is 12.1 Å². The van der Waals surface area contributed by atoms with Crippen molar-refractivity contribution in [2.24, 2.45) is 0 Å². The molecule has 0 unspecified atom stereocenters. The summed E-state index contributed by atoms with van der Waals surface area (Å²) in [6.07, 6.45) is 0. The number of rotatable bonds is 6. The SMILES string of the molecule is O=C(Nc1cccc(CO)c1)c1cccc(S(=O)(=O)Nc2ccc(F)cc2)c1. The molecule has 3 N–H and O–H groups in total. The monoisotopic (exact) mass is 400 g/mol. The zero-order valence-corrected chi connectivity index (χ0v) is 15.4. The number of nitrogens with one attached hydrogen (secondary N) is 2. The third-order valence-corrected chi connectivity index (χ3v) is 5.25. The van der Waals surface area contributed by atoms with E-state index in [2.05, 4.69) is 10.0 Å². The maximum atomic E-state index is 13.0. The summed E-state index contributed by atoms with van der Waals surface area (Å²) < 4.78 is 40.4. The second-order valence-corrected chi connectivity index (χ2v) is 7.64. The number of aliphatic hydroxyl groups is 1. The molecule has 6 nitrogen and oxygen atoms in total. The van der Waals surface area contributed by atoms with Gasteiger partial charge < -0.3 is 10.4 Å². The highest BCUT2D eigenvalue weighted by molar-refractivity contribution is 7.92. The topological polar surface area (TPSA) is 95.5 Å². The standard InChI is InChI=1S/C20H17FN2O4S/c21-16-7-9-17(10-8-16)23-28(26,27)19-6-2-4-15(12-19)20(25)22-18-5-1-3-14(11-18)13-24/h1-12,23-24H,13H2,(H,22,25). The number of sulfonamides is 1. The van der Waals surface area contributed by atoms with Crippen LogP contribution in [0.25, 0.3) is 0 Å². The van der Waals surface area contributed by atoms with Gasteiger partial charge in [0.1, 0.15) is 5.82 Å². The Balaban J connectivity index is 1.80. The minimum absolute atomic E-state index is 0.103. The van der Waals surface area contributed by atoms with Crippen molar-refractivity contribution in [2.75, 3.05) is 10.0 Å². The fourth-order valence-electron chi connectivity index (χ4n) is 2.49. The summed E-state index contributed by atoms with van der Waals surface area (Å²) in [6, 6.07) is 17.1. The van der Waals surface area contributed by atoms with Gasteiger partial charge in [0.2, 0.25) is 0 Å². The Morgan fingerprint density at radius 1 is 0.929 bits per heavy atom. The summed E-state index contributed by atoms with van der Waals surface area (Å²) in [4.78, 5) is 12.4. The normalized spacial score (nSPS) is 11.1. The van der Waals surface area contributed by atoms with Crippen LogP contribution in [-0.2, 0) is 16.6 Å². The Labute approximate surface area is 161 Å². The first-order chi connectivity index (χ1) is 13.4. The summed E-state index contributed by atoms with van der Waals surface area (Å²) in [5.41, 5.74) is 1.47. The lowest BCUT2D eigenvalue weighted by molar-refractivity contribution is 0.102. The molecule has 0 saturated carbocycles. The van der Waals surface area contributed by atoms with Gasteiger partial charge in [-0.25, -0.2) is 12.8 Å². The quantitative estimate of drug-likeness (QED) is 0.591. The van der Waals surface area contributed by atoms with Crippen LogP contribution in [0.1, 0.15) is 15.9 Å². The number of halogens is 1. The van der Waals surface area contributed by atoms with E-state index in [0.29, 0.717) is 11.3 Å². The first kappa shape index (κ1) is 19.5. The highest BCUT2D eigenvalue weighted by Gasteiger charge is 2.17. The zero-order valence-electron chi connectivity index (χ0n) is 14.6. The van der Waals surface area contributed by atoms with E-state index in [4.69, 9.17) is 5.11 Å². The minimum Gasteiger partial charge on any atom is -0.392 e. The molecule has 0 radical (unpaired) electrons. The molecule has 3 aromatic rings. The van der Waals surface area contributed by atoms with Crippen molar-refractivity contribution in [1.29, 1.82) is 0 Å². The molecule has 0 fully saturated rings. The number of hydrogen-bond donors (Lipinski definition) is 3. The van der Waals surface area contributed by atoms with Gasteiger partial charge in [0, 0.05) is 16.9 Å². The van der Waals surface area contributed by atoms with E-state index < -0.39 is 21.7 Å². The van der Waals surface area contributed by atoms with E-state index in [1.165, 1.54) is 36.4 Å². The van der Waals surface area contributed by atoms with Gasteiger partial charge in [-0.3, -0.25) is 9.52 Å². The number of carbonyl (C=O) groups excluding carboxylic acids is 1. The van der Waals surface area contributed by atoms with Crippen molar-refractivity contribution in [3.63, 3.8) is 0 Å². The molecule has 0 aliphatic rings. The third kappa shape index (κ3) is 4.73. The van der Waals surface area contributed by atoms with Crippen LogP contribution in [0.5, 0.6) is 0 Å². The van der Waals surface area contributed by atoms with E-state index >= 15 is 0 Å². The van der Waals surface area contributed by atoms with Crippen molar-refractivity contribution in [1.82, 2.24) is 0 Å². The summed E-state index contributed by atoms with van der Waals surface area (Å²) in [7, 11) is -3.95. The van der Waals surface area contributed by atoms with Crippen molar-refractivity contribution in [2.45, 2.75) is 11.5 Å². The summed E-state index contributed by atoms with van der Waals surface area (Å²) in [5, 5.41) is 11.8. The Hall–Kier alpha value is -3.23. The van der Waals surface area contributed by atoms with Crippen LogP contribution >= 0.6 is 0 Å². The molecule has 0 aromatic heterocycles. The van der Waals surface area contributed by atoms with Crippen LogP contribution in [0.3, 0.4) is 0 Å². The Kier molecular flexibility index (Phi) is 5.72. The molecule has 28 heavy (non-hydrogen) atoms. The van der Waals surface area contributed by atoms with Crippen molar-refractivity contribution >= 4 is 27.3 Å². The molecule has 0 spiro atoms. The average molecular weight is 400 g/mol. The summed E-state index contributed by atoms with van der Waals surface area (Å²) in [5.74, 6) is -0.971. The highest BCUT2D eigenvalue weighted by Crippen LogP contribution is 2.19. The maximum Gasteiger partial charge on any atom is 0.261 e. The number of hydrogen-bond acceptors (Lipinski definition) is 4. The smallest absolute Gasteiger partial charge is 0.261 e. The molecule has 8 heteroatoms. The van der Waals surface area contributed by atoms with E-state index in [1.54, 1.807) is 24.3 Å². The first-order valence-electron chi connectivity index (χ1n) is 8.27. The van der Waals surface area contributed by atoms with Gasteiger partial charge in [-0.2, -0.15) is 0 Å². The molecule has 144 valence electrons. The highest BCUT2D eigenvalue weighted by atomic mass is 32.2. The van der Waals surface area contributed by atoms with Crippen LogP contribution in [0.4, 0.5) is 15.8 Å². The van der Waals surface area contributed by atoms with Gasteiger partial charge >= 0.3 is 0 Å². The van der Waals surface area contributed by atoms with Gasteiger partial charge in [-0.1, -0.05) is 18.2 Å². The molecule has 0 bridgehead atoms. The number of benzene rings is 3. The number of amides is 1. The molecule has 3 rings (SSSR count). The van der Waals surface area contributed by atoms with Gasteiger partial charge in [0.05, 0.1) is 11.5 Å². The molecular formula is C20H17FN2O4S. The number of carbonyl (C=O) groups is 1. The predicted octanol–water partition coefficient (Wildman–Crippen LogP) is 3.37. The molecule has 0 aliphatic heterocycles. The van der Waals surface area contributed by atoms with Crippen molar-refractivity contribution < 1.29 is 22.7 Å². The van der Waals surface area contributed by atoms with E-state index in [1.807, 2.05) is 0 Å². The number of anilines is 2. The average Bonchev–Trinajstić information content (AvgIpc) is 2.70. The molecular weight excluding hydrogens is 383 g/mol. The van der Waals surface area contributed by atoms with Crippen LogP contribution in [0.15, 0.2) is 77.7 Å². The molecule has 1 amide bonds. The van der Waals surface area contributed by atoms with E-state index in [9.17, 15) is 17.6 Å². The zero-order chi connectivity index (χ0) is 20.1. The third-order valence-electron chi connectivity index (χ3n) is 3.87. The van der Waals surface area contributed by atoms with Crippen LogP contribution in [0.2, 0.25) is 0 Å². The van der Waals surface area contributed by atoms with Gasteiger partial charge in [-0.15, -0.1) is 0 Å². The molecule has 0 aliphatic carbocycles. The lowest BCUT2D eigenvalue weighted by Crippen LogP contribution is -2.16. The van der Waals surface area contributed by atoms with Gasteiger partial charge in [0.15, 0.2) is 0 Å². The number of aliphatic hydroxyl groups excluding tert-OH is 1. The second kappa shape index (κ2) is 8.20. The van der Waals surface area contributed by atoms with Gasteiger partial charge in [0.25, 0.3) is 15.9 Å². The van der Waals surface area contributed by atoms with Gasteiger partial charge in [-0.05, 0) is 60.2 Å². The summed E-state index contributed by atoms with van der Waals surface area (Å²) >= 11 is 0. The fourth-order valence-corrected chi connectivity index (χ4v) is 3.59. The van der Waals surface area contributed by atoms with Crippen LogP contribution in [0, 0.1) is 5.82 Å². The molecule has 3 aromatic carbocycles.